The van der Waals surface area contributed by atoms with Crippen LogP contribution in [-0.2, 0) is 38.8 Å². The minimum Gasteiger partial charge on any atom is -0.492 e. The van der Waals surface area contributed by atoms with Gasteiger partial charge in [0.1, 0.15) is 18.4 Å². The molecule has 228 valence electrons. The molecule has 0 aromatic heterocycles. The summed E-state index contributed by atoms with van der Waals surface area (Å²) in [5, 5.41) is 5.45. The topological polar surface area (TPSA) is 121 Å². The number of piperidine rings is 1. The second-order valence-corrected chi connectivity index (χ2v) is 11.6. The Hall–Kier alpha value is -3.80. The van der Waals surface area contributed by atoms with Crippen LogP contribution in [0.1, 0.15) is 52.7 Å². The lowest BCUT2D eigenvalue weighted by molar-refractivity contribution is -0.137. The monoisotopic (exact) mass is 589 g/mol. The molecule has 0 saturated carbocycles. The normalized spacial score (nSPS) is 22.9. The fourth-order valence-electron chi connectivity index (χ4n) is 6.44. The number of imide groups is 1. The number of hydrogen-bond donors (Lipinski definition) is 2. The molecule has 11 heteroatoms. The first kappa shape index (κ1) is 29.3. The average Bonchev–Trinajstić information content (AvgIpc) is 3.62. The number of nitrogens with one attached hydrogen (secondary N) is 2. The van der Waals surface area contributed by atoms with Crippen LogP contribution < -0.4 is 15.4 Å². The molecule has 0 aliphatic carbocycles. The summed E-state index contributed by atoms with van der Waals surface area (Å²) in [6.07, 6.45) is 2.29. The molecular weight excluding hydrogens is 550 g/mol. The molecule has 6 rings (SSSR count). The minimum absolute atomic E-state index is 0.0287. The van der Waals surface area contributed by atoms with Gasteiger partial charge in [0.05, 0.1) is 25.8 Å². The van der Waals surface area contributed by atoms with Gasteiger partial charge < -0.3 is 19.7 Å². The first-order valence-corrected chi connectivity index (χ1v) is 15.3. The summed E-state index contributed by atoms with van der Waals surface area (Å²) in [6.45, 7) is 6.94. The van der Waals surface area contributed by atoms with E-state index in [4.69, 9.17) is 9.47 Å². The maximum Gasteiger partial charge on any atom is 0.255 e. The Morgan fingerprint density at radius 3 is 2.58 bits per heavy atom. The Labute approximate surface area is 251 Å². The second kappa shape index (κ2) is 13.2. The van der Waals surface area contributed by atoms with E-state index in [1.165, 1.54) is 10.5 Å². The summed E-state index contributed by atoms with van der Waals surface area (Å²) in [7, 11) is 0. The highest BCUT2D eigenvalue weighted by atomic mass is 16.5. The number of carbonyl (C=O) groups is 4. The fourth-order valence-corrected chi connectivity index (χ4v) is 6.44. The van der Waals surface area contributed by atoms with E-state index in [2.05, 4.69) is 44.7 Å². The maximum atomic E-state index is 13.1. The van der Waals surface area contributed by atoms with Crippen LogP contribution >= 0.6 is 0 Å². The standard InChI is InChI=1S/C32H39N5O6/c38-29-11-10-27(31(40)34-29)37-21-25-24(32(37)41)3-1-5-28(25)43-18-15-36-12-2-4-26(36)30(39)33-19-22-6-8-23(9-7-22)20-35-13-16-42-17-14-35/h1,3,5-9,26-27H,2,4,10-21H2,(H,33,39)(H,34,38,40)/t26-,27?/m1/s1. The number of benzene rings is 2. The van der Waals surface area contributed by atoms with E-state index in [1.807, 2.05) is 6.07 Å². The van der Waals surface area contributed by atoms with Gasteiger partial charge in [-0.15, -0.1) is 0 Å². The Morgan fingerprint density at radius 2 is 1.79 bits per heavy atom. The summed E-state index contributed by atoms with van der Waals surface area (Å²) >= 11 is 0. The Bertz CT molecular complexity index is 1360. The van der Waals surface area contributed by atoms with Crippen molar-refractivity contribution in [3.63, 3.8) is 0 Å². The molecule has 0 radical (unpaired) electrons. The lowest BCUT2D eigenvalue weighted by atomic mass is 10.0. The first-order valence-electron chi connectivity index (χ1n) is 15.3. The quantitative estimate of drug-likeness (QED) is 0.400. The van der Waals surface area contributed by atoms with Crippen LogP contribution in [-0.4, -0.2) is 96.4 Å². The number of amides is 4. The lowest BCUT2D eigenvalue weighted by Gasteiger charge is -2.29. The van der Waals surface area contributed by atoms with Crippen LogP contribution in [0.2, 0.25) is 0 Å². The van der Waals surface area contributed by atoms with Gasteiger partial charge in [-0.1, -0.05) is 30.3 Å². The molecule has 4 heterocycles. The van der Waals surface area contributed by atoms with Gasteiger partial charge in [0.15, 0.2) is 0 Å². The summed E-state index contributed by atoms with van der Waals surface area (Å²) in [6, 6.07) is 12.9. The van der Waals surface area contributed by atoms with Crippen LogP contribution in [0.5, 0.6) is 5.75 Å². The molecule has 2 N–H and O–H groups in total. The largest absolute Gasteiger partial charge is 0.492 e. The van der Waals surface area contributed by atoms with E-state index >= 15 is 0 Å². The van der Waals surface area contributed by atoms with Crippen LogP contribution in [0.4, 0.5) is 0 Å². The van der Waals surface area contributed by atoms with E-state index in [0.717, 1.165) is 63.4 Å². The molecular formula is C32H39N5O6. The Morgan fingerprint density at radius 1 is 1.00 bits per heavy atom. The molecule has 2 aromatic rings. The van der Waals surface area contributed by atoms with Gasteiger partial charge in [-0.3, -0.25) is 34.3 Å². The third kappa shape index (κ3) is 6.74. The van der Waals surface area contributed by atoms with Crippen molar-refractivity contribution in [2.45, 2.75) is 57.4 Å². The number of likely N-dealkylation sites (tertiary alicyclic amines) is 1. The molecule has 4 aliphatic heterocycles. The molecule has 0 spiro atoms. The van der Waals surface area contributed by atoms with Gasteiger partial charge in [0, 0.05) is 50.3 Å². The highest BCUT2D eigenvalue weighted by Crippen LogP contribution is 2.33. The molecule has 0 bridgehead atoms. The summed E-state index contributed by atoms with van der Waals surface area (Å²) in [5.74, 6) is -0.326. The smallest absolute Gasteiger partial charge is 0.255 e. The van der Waals surface area contributed by atoms with Gasteiger partial charge in [-0.05, 0) is 49.1 Å². The molecule has 4 aliphatic rings. The molecule has 43 heavy (non-hydrogen) atoms. The van der Waals surface area contributed by atoms with Crippen molar-refractivity contribution in [3.8, 4) is 5.75 Å². The highest BCUT2D eigenvalue weighted by Gasteiger charge is 2.40. The van der Waals surface area contributed by atoms with E-state index in [9.17, 15) is 19.2 Å². The number of ether oxygens (including phenoxy) is 2. The SMILES string of the molecule is O=C1CCC(N2Cc3c(OCCN4CCC[C@@H]4C(=O)NCc4ccc(CN5CCOCC5)cc4)cccc3C2=O)C(=O)N1. The van der Waals surface area contributed by atoms with Gasteiger partial charge in [-0.25, -0.2) is 0 Å². The van der Waals surface area contributed by atoms with Crippen molar-refractivity contribution in [2.75, 3.05) is 46.0 Å². The van der Waals surface area contributed by atoms with E-state index in [1.54, 1.807) is 12.1 Å². The zero-order valence-electron chi connectivity index (χ0n) is 24.4. The highest BCUT2D eigenvalue weighted by molar-refractivity contribution is 6.05. The molecule has 3 fully saturated rings. The van der Waals surface area contributed by atoms with Gasteiger partial charge in [-0.2, -0.15) is 0 Å². The third-order valence-corrected chi connectivity index (χ3v) is 8.84. The summed E-state index contributed by atoms with van der Waals surface area (Å²) < 4.78 is 11.6. The van der Waals surface area contributed by atoms with Crippen molar-refractivity contribution in [1.29, 1.82) is 0 Å². The molecule has 2 aromatic carbocycles. The van der Waals surface area contributed by atoms with Crippen LogP contribution in [0.25, 0.3) is 0 Å². The zero-order valence-corrected chi connectivity index (χ0v) is 24.4. The average molecular weight is 590 g/mol. The van der Waals surface area contributed by atoms with E-state index in [-0.39, 0.29) is 36.7 Å². The van der Waals surface area contributed by atoms with Crippen molar-refractivity contribution >= 4 is 23.6 Å². The minimum atomic E-state index is -0.664. The van der Waals surface area contributed by atoms with Crippen LogP contribution in [0.3, 0.4) is 0 Å². The first-order chi connectivity index (χ1) is 21.0. The van der Waals surface area contributed by atoms with Crippen molar-refractivity contribution in [1.82, 2.24) is 25.3 Å². The number of carbonyl (C=O) groups excluding carboxylic acids is 4. The van der Waals surface area contributed by atoms with Gasteiger partial charge >= 0.3 is 0 Å². The molecule has 3 saturated heterocycles. The van der Waals surface area contributed by atoms with E-state index < -0.39 is 11.9 Å². The second-order valence-electron chi connectivity index (χ2n) is 11.6. The van der Waals surface area contributed by atoms with Crippen LogP contribution in [0.15, 0.2) is 42.5 Å². The number of fused-ring (bicyclic) bond motifs is 1. The van der Waals surface area contributed by atoms with Crippen molar-refractivity contribution in [2.24, 2.45) is 0 Å². The summed E-state index contributed by atoms with van der Waals surface area (Å²) in [5.41, 5.74) is 3.61. The van der Waals surface area contributed by atoms with Gasteiger partial charge in [0.25, 0.3) is 5.91 Å². The number of nitrogens with zero attached hydrogens (tertiary/aromatic N) is 3. The van der Waals surface area contributed by atoms with Crippen LogP contribution in [0, 0.1) is 0 Å². The molecule has 1 unspecified atom stereocenters. The lowest BCUT2D eigenvalue weighted by Crippen LogP contribution is -2.52. The van der Waals surface area contributed by atoms with Gasteiger partial charge in [0.2, 0.25) is 17.7 Å². The fraction of sp³-hybridized carbons (Fsp3) is 0.500. The third-order valence-electron chi connectivity index (χ3n) is 8.84. The maximum absolute atomic E-state index is 13.1. The molecule has 11 nitrogen and oxygen atoms in total. The number of hydrogen-bond acceptors (Lipinski definition) is 8. The predicted octanol–water partition coefficient (Wildman–Crippen LogP) is 1.44. The summed E-state index contributed by atoms with van der Waals surface area (Å²) in [4.78, 5) is 56.2. The predicted molar refractivity (Wildman–Crippen MR) is 157 cm³/mol. The Kier molecular flexibility index (Phi) is 9.01. The van der Waals surface area contributed by atoms with Crippen molar-refractivity contribution < 1.29 is 28.7 Å². The zero-order chi connectivity index (χ0) is 29.8. The number of morpholine rings is 1. The van der Waals surface area contributed by atoms with E-state index in [0.29, 0.717) is 37.4 Å². The Balaban J connectivity index is 0.982. The molecule has 4 amide bonds. The number of rotatable bonds is 10. The van der Waals surface area contributed by atoms with Crippen molar-refractivity contribution in [3.05, 3.63) is 64.7 Å². The molecule has 2 atom stereocenters.